The molecule has 4 rings (SSSR count). The number of carbonyl (C=O) groups excluding carboxylic acids is 2. The molecule has 2 aromatic carbocycles. The fourth-order valence-electron chi connectivity index (χ4n) is 3.19. The molecular formula is C23H19N3O4. The summed E-state index contributed by atoms with van der Waals surface area (Å²) in [6, 6.07) is 18.1. The molecule has 0 aliphatic heterocycles. The number of aromatic amines is 1. The van der Waals surface area contributed by atoms with Gasteiger partial charge in [0.2, 0.25) is 0 Å². The Hall–Kier alpha value is -4.13. The quantitative estimate of drug-likeness (QED) is 0.476. The number of aromatic nitrogens is 2. The predicted molar refractivity (Wildman–Crippen MR) is 110 cm³/mol. The molecule has 0 bridgehead atoms. The van der Waals surface area contributed by atoms with E-state index in [9.17, 15) is 9.59 Å². The maximum absolute atomic E-state index is 12.9. The highest BCUT2D eigenvalue weighted by molar-refractivity contribution is 6.01. The monoisotopic (exact) mass is 401 g/mol. The molecule has 2 N–H and O–H groups in total. The Balaban J connectivity index is 1.59. The van der Waals surface area contributed by atoms with Crippen molar-refractivity contribution in [1.29, 1.82) is 0 Å². The van der Waals surface area contributed by atoms with E-state index in [-0.39, 0.29) is 0 Å². The highest BCUT2D eigenvalue weighted by Crippen LogP contribution is 2.25. The Morgan fingerprint density at radius 3 is 2.40 bits per heavy atom. The number of furan rings is 1. The normalized spacial score (nSPS) is 11.6. The lowest BCUT2D eigenvalue weighted by Gasteiger charge is -2.17. The van der Waals surface area contributed by atoms with E-state index in [0.717, 1.165) is 11.1 Å². The van der Waals surface area contributed by atoms with Gasteiger partial charge in [0.1, 0.15) is 0 Å². The number of carbonyl (C=O) groups is 2. The fraction of sp³-hybridized carbons (Fsp3) is 0.0870. The number of rotatable bonds is 6. The predicted octanol–water partition coefficient (Wildman–Crippen LogP) is 3.98. The first-order chi connectivity index (χ1) is 14.7. The molecule has 4 aromatic rings. The summed E-state index contributed by atoms with van der Waals surface area (Å²) in [5.41, 5.74) is 4.16. The second-order valence-corrected chi connectivity index (χ2v) is 6.59. The summed E-state index contributed by atoms with van der Waals surface area (Å²) in [4.78, 5) is 25.3. The topological polar surface area (TPSA) is 97.2 Å². The molecule has 0 aliphatic carbocycles. The van der Waals surface area contributed by atoms with Crippen molar-refractivity contribution in [3.05, 3.63) is 90.5 Å². The summed E-state index contributed by atoms with van der Waals surface area (Å²) in [6.07, 6.45) is 4.41. The van der Waals surface area contributed by atoms with Gasteiger partial charge in [0.25, 0.3) is 5.91 Å². The Labute approximate surface area is 172 Å². The van der Waals surface area contributed by atoms with E-state index in [1.54, 1.807) is 18.2 Å². The number of nitrogens with one attached hydrogen (secondary N) is 2. The van der Waals surface area contributed by atoms with Crippen LogP contribution in [-0.4, -0.2) is 29.2 Å². The molecule has 1 unspecified atom stereocenters. The number of hydrogen-bond acceptors (Lipinski definition) is 5. The van der Waals surface area contributed by atoms with E-state index < -0.39 is 17.9 Å². The van der Waals surface area contributed by atoms with Crippen molar-refractivity contribution in [3.8, 4) is 22.4 Å². The van der Waals surface area contributed by atoms with Gasteiger partial charge in [0, 0.05) is 5.56 Å². The summed E-state index contributed by atoms with van der Waals surface area (Å²) < 4.78 is 9.98. The molecule has 1 amide bonds. The van der Waals surface area contributed by atoms with Gasteiger partial charge in [-0.15, -0.1) is 0 Å². The van der Waals surface area contributed by atoms with Gasteiger partial charge in [-0.05, 0) is 22.8 Å². The van der Waals surface area contributed by atoms with Crippen LogP contribution in [0.4, 0.5) is 0 Å². The van der Waals surface area contributed by atoms with Crippen molar-refractivity contribution >= 4 is 11.9 Å². The Morgan fingerprint density at radius 1 is 1.00 bits per heavy atom. The summed E-state index contributed by atoms with van der Waals surface area (Å²) in [5.74, 6) is -1.02. The summed E-state index contributed by atoms with van der Waals surface area (Å²) in [5, 5.41) is 9.47. The van der Waals surface area contributed by atoms with Crippen LogP contribution in [0.5, 0.6) is 0 Å². The molecule has 2 aromatic heterocycles. The molecule has 150 valence electrons. The number of methoxy groups -OCH3 is 1. The minimum atomic E-state index is -0.959. The zero-order valence-corrected chi connectivity index (χ0v) is 16.2. The molecule has 0 radical (unpaired) electrons. The van der Waals surface area contributed by atoms with Crippen LogP contribution in [0, 0.1) is 0 Å². The maximum atomic E-state index is 12.9. The Morgan fingerprint density at radius 2 is 1.73 bits per heavy atom. The van der Waals surface area contributed by atoms with Gasteiger partial charge in [-0.1, -0.05) is 54.6 Å². The van der Waals surface area contributed by atoms with Crippen LogP contribution in [0.1, 0.15) is 22.0 Å². The number of benzene rings is 2. The molecule has 7 heteroatoms. The summed E-state index contributed by atoms with van der Waals surface area (Å²) in [6.45, 7) is 0. The molecule has 7 nitrogen and oxygen atoms in total. The third-order valence-corrected chi connectivity index (χ3v) is 4.76. The van der Waals surface area contributed by atoms with Crippen LogP contribution in [0.2, 0.25) is 0 Å². The Bertz CT molecular complexity index is 1130. The van der Waals surface area contributed by atoms with Crippen LogP contribution in [0.15, 0.2) is 83.8 Å². The number of hydrogen-bond donors (Lipinski definition) is 2. The molecule has 0 saturated heterocycles. The Kier molecular flexibility index (Phi) is 5.43. The first-order valence-electron chi connectivity index (χ1n) is 9.27. The van der Waals surface area contributed by atoms with Crippen molar-refractivity contribution in [2.75, 3.05) is 7.11 Å². The van der Waals surface area contributed by atoms with Gasteiger partial charge in [-0.25, -0.2) is 4.79 Å². The standard InChI is InChI=1S/C23H19N3O4/c1-29-23(28)21(17-9-7-16(8-10-17)15-5-3-2-4-6-15)25-22(27)19-13-24-26-20(19)18-11-12-30-14-18/h2-14,21H,1H3,(H,24,26)(H,25,27). The summed E-state index contributed by atoms with van der Waals surface area (Å²) >= 11 is 0. The lowest BCUT2D eigenvalue weighted by molar-refractivity contribution is -0.143. The van der Waals surface area contributed by atoms with Gasteiger partial charge in [0.05, 0.1) is 37.1 Å². The number of ether oxygens (including phenoxy) is 1. The van der Waals surface area contributed by atoms with Crippen LogP contribution >= 0.6 is 0 Å². The molecule has 0 spiro atoms. The smallest absolute Gasteiger partial charge is 0.333 e. The second-order valence-electron chi connectivity index (χ2n) is 6.59. The molecule has 0 fully saturated rings. The van der Waals surface area contributed by atoms with Crippen LogP contribution in [0.3, 0.4) is 0 Å². The zero-order chi connectivity index (χ0) is 20.9. The van der Waals surface area contributed by atoms with Gasteiger partial charge in [0.15, 0.2) is 6.04 Å². The maximum Gasteiger partial charge on any atom is 0.333 e. The van der Waals surface area contributed by atoms with Gasteiger partial charge < -0.3 is 14.5 Å². The average molecular weight is 401 g/mol. The van der Waals surface area contributed by atoms with E-state index in [4.69, 9.17) is 9.15 Å². The van der Waals surface area contributed by atoms with E-state index in [1.807, 2.05) is 42.5 Å². The molecule has 0 aliphatic rings. The second kappa shape index (κ2) is 8.48. The minimum Gasteiger partial charge on any atom is -0.472 e. The minimum absolute atomic E-state index is 0.297. The highest BCUT2D eigenvalue weighted by atomic mass is 16.5. The fourth-order valence-corrected chi connectivity index (χ4v) is 3.19. The summed E-state index contributed by atoms with van der Waals surface area (Å²) in [7, 11) is 1.29. The number of nitrogens with zero attached hydrogens (tertiary/aromatic N) is 1. The van der Waals surface area contributed by atoms with Crippen molar-refractivity contribution in [1.82, 2.24) is 15.5 Å². The van der Waals surface area contributed by atoms with Crippen LogP contribution < -0.4 is 5.32 Å². The van der Waals surface area contributed by atoms with E-state index in [2.05, 4.69) is 15.5 Å². The van der Waals surface area contributed by atoms with Gasteiger partial charge in [-0.2, -0.15) is 5.10 Å². The lowest BCUT2D eigenvalue weighted by atomic mass is 10.0. The van der Waals surface area contributed by atoms with Crippen molar-refractivity contribution in [3.63, 3.8) is 0 Å². The van der Waals surface area contributed by atoms with Crippen molar-refractivity contribution < 1.29 is 18.7 Å². The first-order valence-corrected chi connectivity index (χ1v) is 9.27. The molecular weight excluding hydrogens is 382 g/mol. The average Bonchev–Trinajstić information content (AvgIpc) is 3.49. The highest BCUT2D eigenvalue weighted by Gasteiger charge is 2.26. The first kappa shape index (κ1) is 19.2. The molecule has 2 heterocycles. The lowest BCUT2D eigenvalue weighted by Crippen LogP contribution is -2.34. The third-order valence-electron chi connectivity index (χ3n) is 4.76. The van der Waals surface area contributed by atoms with Crippen LogP contribution in [0.25, 0.3) is 22.4 Å². The van der Waals surface area contributed by atoms with E-state index >= 15 is 0 Å². The largest absolute Gasteiger partial charge is 0.472 e. The van der Waals surface area contributed by atoms with E-state index in [0.29, 0.717) is 22.4 Å². The molecule has 0 saturated carbocycles. The SMILES string of the molecule is COC(=O)C(NC(=O)c1cn[nH]c1-c1ccoc1)c1ccc(-c2ccccc2)cc1. The third kappa shape index (κ3) is 3.86. The number of H-pyrrole nitrogens is 1. The van der Waals surface area contributed by atoms with Crippen molar-refractivity contribution in [2.24, 2.45) is 0 Å². The van der Waals surface area contributed by atoms with Crippen LogP contribution in [-0.2, 0) is 9.53 Å². The van der Waals surface area contributed by atoms with Gasteiger partial charge in [-0.3, -0.25) is 9.89 Å². The molecule has 1 atom stereocenters. The zero-order valence-electron chi connectivity index (χ0n) is 16.2. The number of esters is 1. The van der Waals surface area contributed by atoms with Gasteiger partial charge >= 0.3 is 5.97 Å². The number of amides is 1. The molecule has 30 heavy (non-hydrogen) atoms. The van der Waals surface area contributed by atoms with Crippen molar-refractivity contribution in [2.45, 2.75) is 6.04 Å². The van der Waals surface area contributed by atoms with E-state index in [1.165, 1.54) is 25.8 Å².